The van der Waals surface area contributed by atoms with Gasteiger partial charge in [0.1, 0.15) is 5.75 Å². The van der Waals surface area contributed by atoms with Crippen molar-refractivity contribution in [3.63, 3.8) is 0 Å². The van der Waals surface area contributed by atoms with Gasteiger partial charge < -0.3 is 10.1 Å². The standard InChI is InChI=1S/C17H27NOS/c1-4-20-17-10-7-15(12-17)18-13(2)11-14-5-8-16(19-3)9-6-14/h5-6,8-9,13,15,17-18H,4,7,10-12H2,1-3H3. The molecule has 0 aliphatic heterocycles. The van der Waals surface area contributed by atoms with E-state index in [2.05, 4.69) is 43.1 Å². The van der Waals surface area contributed by atoms with Gasteiger partial charge in [0.2, 0.25) is 0 Å². The van der Waals surface area contributed by atoms with Crippen LogP contribution in [0.15, 0.2) is 24.3 Å². The van der Waals surface area contributed by atoms with Crippen LogP contribution in [0.25, 0.3) is 0 Å². The van der Waals surface area contributed by atoms with Crippen molar-refractivity contribution >= 4 is 11.8 Å². The van der Waals surface area contributed by atoms with Gasteiger partial charge in [-0.25, -0.2) is 0 Å². The molecule has 2 nitrogen and oxygen atoms in total. The zero-order valence-electron chi connectivity index (χ0n) is 12.9. The molecule has 3 heteroatoms. The molecule has 0 spiro atoms. The fraction of sp³-hybridized carbons (Fsp3) is 0.647. The van der Waals surface area contributed by atoms with Crippen molar-refractivity contribution in [2.75, 3.05) is 12.9 Å². The lowest BCUT2D eigenvalue weighted by molar-refractivity contribution is 0.414. The molecule has 0 bridgehead atoms. The van der Waals surface area contributed by atoms with Gasteiger partial charge in [-0.05, 0) is 56.1 Å². The topological polar surface area (TPSA) is 21.3 Å². The third kappa shape index (κ3) is 4.71. The summed E-state index contributed by atoms with van der Waals surface area (Å²) < 4.78 is 5.20. The van der Waals surface area contributed by atoms with Gasteiger partial charge in [0.05, 0.1) is 7.11 Å². The van der Waals surface area contributed by atoms with Gasteiger partial charge in [0.15, 0.2) is 0 Å². The predicted octanol–water partition coefficient (Wildman–Crippen LogP) is 3.89. The van der Waals surface area contributed by atoms with E-state index in [0.29, 0.717) is 12.1 Å². The highest BCUT2D eigenvalue weighted by atomic mass is 32.2. The molecule has 0 radical (unpaired) electrons. The maximum absolute atomic E-state index is 5.20. The lowest BCUT2D eigenvalue weighted by atomic mass is 10.1. The van der Waals surface area contributed by atoms with Crippen molar-refractivity contribution in [3.05, 3.63) is 29.8 Å². The van der Waals surface area contributed by atoms with Crippen LogP contribution in [0, 0.1) is 0 Å². The van der Waals surface area contributed by atoms with Crippen LogP contribution in [0.5, 0.6) is 5.75 Å². The molecule has 0 heterocycles. The Morgan fingerprint density at radius 3 is 2.70 bits per heavy atom. The summed E-state index contributed by atoms with van der Waals surface area (Å²) in [5, 5.41) is 4.68. The SMILES string of the molecule is CCSC1CCC(NC(C)Cc2ccc(OC)cc2)C1. The number of thioether (sulfide) groups is 1. The molecule has 1 aliphatic carbocycles. The molecule has 112 valence electrons. The zero-order valence-corrected chi connectivity index (χ0v) is 13.7. The molecular weight excluding hydrogens is 266 g/mol. The van der Waals surface area contributed by atoms with Gasteiger partial charge in [-0.1, -0.05) is 19.1 Å². The van der Waals surface area contributed by atoms with Crippen LogP contribution in [0.4, 0.5) is 0 Å². The molecule has 1 N–H and O–H groups in total. The van der Waals surface area contributed by atoms with E-state index in [1.807, 2.05) is 12.1 Å². The molecule has 0 aromatic heterocycles. The van der Waals surface area contributed by atoms with E-state index in [1.54, 1.807) is 7.11 Å². The first-order valence-electron chi connectivity index (χ1n) is 7.71. The minimum absolute atomic E-state index is 0.541. The van der Waals surface area contributed by atoms with Gasteiger partial charge in [-0.15, -0.1) is 0 Å². The van der Waals surface area contributed by atoms with E-state index in [4.69, 9.17) is 4.74 Å². The van der Waals surface area contributed by atoms with Crippen molar-refractivity contribution in [2.45, 2.75) is 56.9 Å². The van der Waals surface area contributed by atoms with Crippen LogP contribution >= 0.6 is 11.8 Å². The molecule has 20 heavy (non-hydrogen) atoms. The Bertz CT molecular complexity index is 392. The average molecular weight is 293 g/mol. The van der Waals surface area contributed by atoms with Gasteiger partial charge in [-0.2, -0.15) is 11.8 Å². The van der Waals surface area contributed by atoms with E-state index in [1.165, 1.54) is 30.6 Å². The first kappa shape index (κ1) is 15.7. The Morgan fingerprint density at radius 2 is 2.05 bits per heavy atom. The van der Waals surface area contributed by atoms with Crippen LogP contribution in [-0.4, -0.2) is 30.2 Å². The first-order chi connectivity index (χ1) is 9.71. The fourth-order valence-corrected chi connectivity index (χ4v) is 4.20. The van der Waals surface area contributed by atoms with Crippen LogP contribution in [0.2, 0.25) is 0 Å². The minimum Gasteiger partial charge on any atom is -0.497 e. The molecule has 3 atom stereocenters. The van der Waals surface area contributed by atoms with Crippen molar-refractivity contribution in [2.24, 2.45) is 0 Å². The Labute approximate surface area is 127 Å². The largest absolute Gasteiger partial charge is 0.497 e. The number of benzene rings is 1. The summed E-state index contributed by atoms with van der Waals surface area (Å²) in [6, 6.07) is 9.69. The highest BCUT2D eigenvalue weighted by Crippen LogP contribution is 2.30. The monoisotopic (exact) mass is 293 g/mol. The third-order valence-corrected chi connectivity index (χ3v) is 5.24. The van der Waals surface area contributed by atoms with Crippen LogP contribution < -0.4 is 10.1 Å². The van der Waals surface area contributed by atoms with E-state index in [0.717, 1.165) is 17.4 Å². The molecule has 1 fully saturated rings. The van der Waals surface area contributed by atoms with Crippen molar-refractivity contribution in [1.29, 1.82) is 0 Å². The quantitative estimate of drug-likeness (QED) is 0.824. The zero-order chi connectivity index (χ0) is 14.4. The number of ether oxygens (including phenoxy) is 1. The second kappa shape index (κ2) is 7.94. The highest BCUT2D eigenvalue weighted by molar-refractivity contribution is 7.99. The highest BCUT2D eigenvalue weighted by Gasteiger charge is 2.25. The minimum atomic E-state index is 0.541. The van der Waals surface area contributed by atoms with E-state index < -0.39 is 0 Å². The Kier molecular flexibility index (Phi) is 6.24. The summed E-state index contributed by atoms with van der Waals surface area (Å²) in [6.07, 6.45) is 5.15. The summed E-state index contributed by atoms with van der Waals surface area (Å²) in [5.74, 6) is 2.18. The second-order valence-corrected chi connectivity index (χ2v) is 7.28. The van der Waals surface area contributed by atoms with Gasteiger partial charge in [0.25, 0.3) is 0 Å². The summed E-state index contributed by atoms with van der Waals surface area (Å²) in [7, 11) is 1.71. The number of rotatable bonds is 7. The van der Waals surface area contributed by atoms with Crippen molar-refractivity contribution in [1.82, 2.24) is 5.32 Å². The van der Waals surface area contributed by atoms with Gasteiger partial charge in [0, 0.05) is 17.3 Å². The van der Waals surface area contributed by atoms with Crippen molar-refractivity contribution in [3.8, 4) is 5.75 Å². The Morgan fingerprint density at radius 1 is 1.30 bits per heavy atom. The van der Waals surface area contributed by atoms with Crippen molar-refractivity contribution < 1.29 is 4.74 Å². The molecule has 0 saturated heterocycles. The summed E-state index contributed by atoms with van der Waals surface area (Å²) in [6.45, 7) is 4.56. The van der Waals surface area contributed by atoms with Crippen LogP contribution in [0.3, 0.4) is 0 Å². The van der Waals surface area contributed by atoms with Crippen LogP contribution in [0.1, 0.15) is 38.7 Å². The fourth-order valence-electron chi connectivity index (χ4n) is 3.06. The number of hydrogen-bond acceptors (Lipinski definition) is 3. The Balaban J connectivity index is 1.76. The third-order valence-electron chi connectivity index (χ3n) is 4.01. The molecule has 1 aromatic carbocycles. The summed E-state index contributed by atoms with van der Waals surface area (Å²) in [4.78, 5) is 0. The number of nitrogens with one attached hydrogen (secondary N) is 1. The molecule has 2 rings (SSSR count). The average Bonchev–Trinajstić information content (AvgIpc) is 2.87. The van der Waals surface area contributed by atoms with E-state index in [9.17, 15) is 0 Å². The second-order valence-electron chi connectivity index (χ2n) is 5.71. The molecule has 1 aromatic rings. The maximum atomic E-state index is 5.20. The normalized spacial score (nSPS) is 23.8. The molecule has 1 saturated carbocycles. The summed E-state index contributed by atoms with van der Waals surface area (Å²) >= 11 is 2.12. The first-order valence-corrected chi connectivity index (χ1v) is 8.76. The molecule has 0 amide bonds. The molecular formula is C17H27NOS. The molecule has 3 unspecified atom stereocenters. The lowest BCUT2D eigenvalue weighted by Gasteiger charge is -2.20. The van der Waals surface area contributed by atoms with E-state index in [-0.39, 0.29) is 0 Å². The maximum Gasteiger partial charge on any atom is 0.118 e. The van der Waals surface area contributed by atoms with E-state index >= 15 is 0 Å². The number of methoxy groups -OCH3 is 1. The van der Waals surface area contributed by atoms with Crippen LogP contribution in [-0.2, 0) is 6.42 Å². The Hall–Kier alpha value is -0.670. The van der Waals surface area contributed by atoms with Gasteiger partial charge >= 0.3 is 0 Å². The summed E-state index contributed by atoms with van der Waals surface area (Å²) in [5.41, 5.74) is 1.38. The smallest absolute Gasteiger partial charge is 0.118 e. The van der Waals surface area contributed by atoms with Gasteiger partial charge in [-0.3, -0.25) is 0 Å². The number of hydrogen-bond donors (Lipinski definition) is 1. The predicted molar refractivity (Wildman–Crippen MR) is 88.9 cm³/mol. The molecule has 1 aliphatic rings. The lowest BCUT2D eigenvalue weighted by Crippen LogP contribution is -2.36.